The summed E-state index contributed by atoms with van der Waals surface area (Å²) in [5.41, 5.74) is 6.76. The van der Waals surface area contributed by atoms with Gasteiger partial charge in [-0.2, -0.15) is 0 Å². The molecular formula is C16H23Cl2N3OS. The smallest absolute Gasteiger partial charge is 0.220 e. The molecule has 7 heteroatoms. The van der Waals surface area contributed by atoms with Crippen LogP contribution in [0.2, 0.25) is 0 Å². The number of nitrogens with one attached hydrogen (secondary N) is 1. The molecule has 4 nitrogen and oxygen atoms in total. The number of fused-ring (bicyclic) bond motifs is 1. The van der Waals surface area contributed by atoms with Gasteiger partial charge in [-0.3, -0.25) is 4.79 Å². The summed E-state index contributed by atoms with van der Waals surface area (Å²) in [4.78, 5) is 16.5. The van der Waals surface area contributed by atoms with Crippen molar-refractivity contribution < 1.29 is 4.79 Å². The van der Waals surface area contributed by atoms with E-state index in [2.05, 4.69) is 16.4 Å². The number of nitrogens with two attached hydrogens (primary N) is 1. The number of thiazole rings is 1. The van der Waals surface area contributed by atoms with Gasteiger partial charge in [-0.15, -0.1) is 36.2 Å². The second-order valence-corrected chi connectivity index (χ2v) is 6.79. The van der Waals surface area contributed by atoms with E-state index in [0.29, 0.717) is 18.9 Å². The average molecular weight is 376 g/mol. The van der Waals surface area contributed by atoms with E-state index in [-0.39, 0.29) is 36.8 Å². The number of hydrogen-bond acceptors (Lipinski definition) is 4. The monoisotopic (exact) mass is 375 g/mol. The largest absolute Gasteiger partial charge is 0.352 e. The molecule has 3 rings (SSSR count). The number of nitrogens with zero attached hydrogens (tertiary/aromatic N) is 1. The van der Waals surface area contributed by atoms with E-state index in [1.165, 1.54) is 17.5 Å². The first-order valence-electron chi connectivity index (χ1n) is 7.60. The van der Waals surface area contributed by atoms with E-state index in [1.54, 1.807) is 11.3 Å². The number of rotatable bonds is 7. The van der Waals surface area contributed by atoms with E-state index in [0.717, 1.165) is 23.4 Å². The first-order valence-corrected chi connectivity index (χ1v) is 8.42. The summed E-state index contributed by atoms with van der Waals surface area (Å²) in [6.45, 7) is 0.550. The predicted octanol–water partition coefficient (Wildman–Crippen LogP) is 3.32. The van der Waals surface area contributed by atoms with Crippen molar-refractivity contribution >= 4 is 52.3 Å². The quantitative estimate of drug-likeness (QED) is 0.779. The van der Waals surface area contributed by atoms with Gasteiger partial charge in [0, 0.05) is 19.0 Å². The zero-order valence-electron chi connectivity index (χ0n) is 12.9. The van der Waals surface area contributed by atoms with Crippen molar-refractivity contribution in [2.45, 2.75) is 38.1 Å². The molecule has 0 spiro atoms. The summed E-state index contributed by atoms with van der Waals surface area (Å²) in [5, 5.41) is 4.17. The van der Waals surface area contributed by atoms with Crippen molar-refractivity contribution in [3.63, 3.8) is 0 Å². The second kappa shape index (κ2) is 9.42. The zero-order chi connectivity index (χ0) is 14.7. The van der Waals surface area contributed by atoms with Gasteiger partial charge in [0.2, 0.25) is 5.91 Å². The predicted molar refractivity (Wildman–Crippen MR) is 101 cm³/mol. The molecule has 1 aromatic carbocycles. The molecule has 1 aromatic heterocycles. The molecule has 128 valence electrons. The molecule has 23 heavy (non-hydrogen) atoms. The van der Waals surface area contributed by atoms with E-state index >= 15 is 0 Å². The van der Waals surface area contributed by atoms with Crippen LogP contribution in [0.5, 0.6) is 0 Å². The minimum absolute atomic E-state index is 0. The molecular weight excluding hydrogens is 353 g/mol. The minimum Gasteiger partial charge on any atom is -0.352 e. The molecule has 0 radical (unpaired) electrons. The summed E-state index contributed by atoms with van der Waals surface area (Å²) in [7, 11) is 0. The number of halogens is 2. The molecule has 1 fully saturated rings. The Kier molecular flexibility index (Phi) is 8.26. The highest BCUT2D eigenvalue weighted by molar-refractivity contribution is 7.18. The van der Waals surface area contributed by atoms with Gasteiger partial charge in [-0.05, 0) is 43.7 Å². The average Bonchev–Trinajstić information content (AvgIpc) is 3.24. The molecule has 3 N–H and O–H groups in total. The lowest BCUT2D eigenvalue weighted by Gasteiger charge is -2.15. The third-order valence-electron chi connectivity index (χ3n) is 3.92. The molecule has 1 heterocycles. The van der Waals surface area contributed by atoms with Gasteiger partial charge in [-0.25, -0.2) is 4.98 Å². The highest BCUT2D eigenvalue weighted by Crippen LogP contribution is 2.32. The van der Waals surface area contributed by atoms with Crippen LogP contribution in [-0.4, -0.2) is 23.5 Å². The van der Waals surface area contributed by atoms with Crippen LogP contribution in [-0.2, 0) is 11.2 Å². The fourth-order valence-electron chi connectivity index (χ4n) is 2.57. The third kappa shape index (κ3) is 5.60. The van der Waals surface area contributed by atoms with Crippen molar-refractivity contribution in [1.82, 2.24) is 10.3 Å². The Morgan fingerprint density at radius 3 is 2.74 bits per heavy atom. The van der Waals surface area contributed by atoms with Crippen molar-refractivity contribution in [2.75, 3.05) is 6.54 Å². The topological polar surface area (TPSA) is 68.0 Å². The maximum absolute atomic E-state index is 11.9. The summed E-state index contributed by atoms with van der Waals surface area (Å²) in [6.07, 6.45) is 4.66. The van der Waals surface area contributed by atoms with Crippen LogP contribution in [0.1, 0.15) is 30.7 Å². The molecule has 0 bridgehead atoms. The SMILES string of the molecule is Cl.Cl.NCC(NC(=O)CCCc1nc2ccccc2s1)C1CC1. The van der Waals surface area contributed by atoms with Crippen LogP contribution in [0.25, 0.3) is 10.2 Å². The van der Waals surface area contributed by atoms with Crippen molar-refractivity contribution in [3.05, 3.63) is 29.3 Å². The Morgan fingerprint density at radius 1 is 1.35 bits per heavy atom. The van der Waals surface area contributed by atoms with Crippen LogP contribution in [0.4, 0.5) is 0 Å². The van der Waals surface area contributed by atoms with Gasteiger partial charge in [0.1, 0.15) is 0 Å². The first-order chi connectivity index (χ1) is 10.3. The van der Waals surface area contributed by atoms with Gasteiger partial charge in [0.05, 0.1) is 15.2 Å². The summed E-state index contributed by atoms with van der Waals surface area (Å²) < 4.78 is 1.22. The number of aryl methyl sites for hydroxylation is 1. The van der Waals surface area contributed by atoms with Crippen molar-refractivity contribution in [3.8, 4) is 0 Å². The van der Waals surface area contributed by atoms with Crippen LogP contribution in [0.3, 0.4) is 0 Å². The minimum atomic E-state index is 0. The second-order valence-electron chi connectivity index (χ2n) is 5.68. The molecule has 1 atom stereocenters. The fraction of sp³-hybridized carbons (Fsp3) is 0.500. The number of carbonyl (C=O) groups excluding carboxylic acids is 1. The van der Waals surface area contributed by atoms with Crippen LogP contribution >= 0.6 is 36.2 Å². The fourth-order valence-corrected chi connectivity index (χ4v) is 3.58. The van der Waals surface area contributed by atoms with Gasteiger partial charge in [0.25, 0.3) is 0 Å². The lowest BCUT2D eigenvalue weighted by atomic mass is 10.1. The summed E-state index contributed by atoms with van der Waals surface area (Å²) >= 11 is 1.72. The maximum Gasteiger partial charge on any atom is 0.220 e. The summed E-state index contributed by atoms with van der Waals surface area (Å²) in [6, 6.07) is 8.33. The first kappa shape index (κ1) is 20.2. The van der Waals surface area contributed by atoms with E-state index < -0.39 is 0 Å². The van der Waals surface area contributed by atoms with Gasteiger partial charge in [-0.1, -0.05) is 12.1 Å². The standard InChI is InChI=1S/C16H21N3OS.2ClH/c17-10-13(11-8-9-11)18-15(20)6-3-7-16-19-12-4-1-2-5-14(12)21-16;;/h1-2,4-5,11,13H,3,6-10,17H2,(H,18,20);2*1H. The van der Waals surface area contributed by atoms with Crippen molar-refractivity contribution in [2.24, 2.45) is 11.7 Å². The molecule has 1 unspecified atom stereocenters. The lowest BCUT2D eigenvalue weighted by Crippen LogP contribution is -2.41. The van der Waals surface area contributed by atoms with Crippen LogP contribution in [0, 0.1) is 5.92 Å². The molecule has 1 amide bonds. The Hall–Kier alpha value is -0.880. The zero-order valence-corrected chi connectivity index (χ0v) is 15.3. The highest BCUT2D eigenvalue weighted by Gasteiger charge is 2.30. The highest BCUT2D eigenvalue weighted by atomic mass is 35.5. The lowest BCUT2D eigenvalue weighted by molar-refractivity contribution is -0.122. The number of amides is 1. The Morgan fingerprint density at radius 2 is 2.09 bits per heavy atom. The van der Waals surface area contributed by atoms with Crippen LogP contribution < -0.4 is 11.1 Å². The Labute approximate surface area is 153 Å². The molecule has 2 aromatic rings. The molecule has 1 saturated carbocycles. The van der Waals surface area contributed by atoms with Gasteiger partial charge in [0.15, 0.2) is 0 Å². The summed E-state index contributed by atoms with van der Waals surface area (Å²) in [5.74, 6) is 0.738. The molecule has 0 aliphatic heterocycles. The van der Waals surface area contributed by atoms with Crippen molar-refractivity contribution in [1.29, 1.82) is 0 Å². The van der Waals surface area contributed by atoms with E-state index in [4.69, 9.17) is 5.73 Å². The maximum atomic E-state index is 11.9. The number of para-hydroxylation sites is 1. The molecule has 1 aliphatic rings. The van der Waals surface area contributed by atoms with E-state index in [1.807, 2.05) is 18.2 Å². The van der Waals surface area contributed by atoms with E-state index in [9.17, 15) is 4.79 Å². The molecule has 0 saturated heterocycles. The number of benzene rings is 1. The third-order valence-corrected chi connectivity index (χ3v) is 5.02. The van der Waals surface area contributed by atoms with Crippen LogP contribution in [0.15, 0.2) is 24.3 Å². The van der Waals surface area contributed by atoms with Gasteiger partial charge < -0.3 is 11.1 Å². The number of hydrogen-bond donors (Lipinski definition) is 2. The number of aromatic nitrogens is 1. The Balaban J connectivity index is 0.00000132. The van der Waals surface area contributed by atoms with Gasteiger partial charge >= 0.3 is 0 Å². The normalized spacial score (nSPS) is 14.7. The Bertz CT molecular complexity index is 598. The molecule has 1 aliphatic carbocycles. The number of carbonyl (C=O) groups is 1.